The van der Waals surface area contributed by atoms with E-state index in [-0.39, 0.29) is 46.8 Å². The number of rotatable bonds is 5. The van der Waals surface area contributed by atoms with Crippen LogP contribution in [0.5, 0.6) is 5.88 Å². The second-order valence-corrected chi connectivity index (χ2v) is 16.2. The van der Waals surface area contributed by atoms with Crippen molar-refractivity contribution in [2.45, 2.75) is 77.5 Å². The van der Waals surface area contributed by atoms with Crippen LogP contribution in [0, 0.1) is 19.3 Å². The van der Waals surface area contributed by atoms with Crippen molar-refractivity contribution in [1.82, 2.24) is 24.8 Å². The van der Waals surface area contributed by atoms with Crippen LogP contribution in [0.25, 0.3) is 11.3 Å². The Labute approximate surface area is 287 Å². The third kappa shape index (κ3) is 7.83. The number of nitrogens with one attached hydrogen (secondary N) is 1. The topological polar surface area (TPSA) is 151 Å². The van der Waals surface area contributed by atoms with E-state index < -0.39 is 21.7 Å². The summed E-state index contributed by atoms with van der Waals surface area (Å²) in [5.74, 6) is 0.0675. The summed E-state index contributed by atoms with van der Waals surface area (Å²) in [6.07, 6.45) is 4.62. The average molecular weight is 686 g/mol. The van der Waals surface area contributed by atoms with E-state index in [2.05, 4.69) is 45.4 Å². The summed E-state index contributed by atoms with van der Waals surface area (Å²) >= 11 is 0. The molecule has 2 aromatic carbocycles. The number of β-amino-alcohol motifs (C(OH)–C–C–N with tert-alkyl or cyclic N) is 1. The molecule has 4 bridgehead atoms. The van der Waals surface area contributed by atoms with Crippen LogP contribution >= 0.6 is 0 Å². The standard InChI is InChI=1S/C36H43N7O5S/c1-23-9-7-10-24(2)32(23)29-16-31-40-34(39-29)41-49(46,47)28-12-8-11-25(15-28)33(44)43(26(21-48-31)17-35(3,4)5)20-30-37-18-27(19-38-30)42-14-13-36(6,45)22-42/h7-12,15-16,18-19,26,45H,13-14,17,20-22H2,1-6H3,(H,39,40,41)/t26-,36?/m1/s1. The summed E-state index contributed by atoms with van der Waals surface area (Å²) in [6, 6.07) is 13.1. The van der Waals surface area contributed by atoms with Crippen molar-refractivity contribution >= 4 is 27.6 Å². The molecule has 0 radical (unpaired) electrons. The maximum Gasteiger partial charge on any atom is 0.264 e. The van der Waals surface area contributed by atoms with Gasteiger partial charge in [0.15, 0.2) is 0 Å². The van der Waals surface area contributed by atoms with Gasteiger partial charge in [-0.3, -0.25) is 4.79 Å². The number of aromatic nitrogens is 4. The molecule has 49 heavy (non-hydrogen) atoms. The Morgan fingerprint density at radius 1 is 1.04 bits per heavy atom. The number of benzene rings is 2. The molecule has 4 heterocycles. The summed E-state index contributed by atoms with van der Waals surface area (Å²) in [7, 11) is -4.19. The van der Waals surface area contributed by atoms with Crippen molar-refractivity contribution in [2.75, 3.05) is 29.3 Å². The van der Waals surface area contributed by atoms with Gasteiger partial charge in [0.05, 0.1) is 46.9 Å². The number of hydrogen-bond acceptors (Lipinski definition) is 10. The average Bonchev–Trinajstić information content (AvgIpc) is 3.40. The molecule has 258 valence electrons. The maximum absolute atomic E-state index is 14.4. The van der Waals surface area contributed by atoms with Gasteiger partial charge in [-0.15, -0.1) is 0 Å². The molecule has 1 fully saturated rings. The Morgan fingerprint density at radius 3 is 2.39 bits per heavy atom. The molecule has 0 spiro atoms. The first-order chi connectivity index (χ1) is 23.1. The number of nitrogens with zero attached hydrogens (tertiary/aromatic N) is 6. The first kappa shape index (κ1) is 34.3. The second-order valence-electron chi connectivity index (χ2n) is 14.5. The molecule has 1 unspecified atom stereocenters. The van der Waals surface area contributed by atoms with Gasteiger partial charge in [-0.2, -0.15) is 4.98 Å². The Kier molecular flexibility index (Phi) is 9.10. The normalized spacial score (nSPS) is 20.9. The van der Waals surface area contributed by atoms with Crippen LogP contribution in [-0.4, -0.2) is 75.6 Å². The highest BCUT2D eigenvalue weighted by atomic mass is 32.2. The molecule has 12 nitrogen and oxygen atoms in total. The number of aryl methyl sites for hydroxylation is 2. The predicted octanol–water partition coefficient (Wildman–Crippen LogP) is 5.15. The monoisotopic (exact) mass is 685 g/mol. The van der Waals surface area contributed by atoms with E-state index in [0.717, 1.165) is 22.4 Å². The van der Waals surface area contributed by atoms with Crippen LogP contribution in [0.3, 0.4) is 0 Å². The van der Waals surface area contributed by atoms with Crippen LogP contribution in [0.4, 0.5) is 11.6 Å². The molecule has 2 atom stereocenters. The minimum Gasteiger partial charge on any atom is -0.475 e. The quantitative estimate of drug-likeness (QED) is 0.289. The molecule has 0 saturated carbocycles. The molecule has 13 heteroatoms. The van der Waals surface area contributed by atoms with Crippen molar-refractivity contribution in [1.29, 1.82) is 0 Å². The SMILES string of the molecule is Cc1cccc(C)c1-c1cc2nc(n1)NS(=O)(=O)c1cccc(c1)C(=O)N(Cc1ncc(N3CCC(C)(O)C3)cn1)[C@H](CC(C)(C)C)CO2. The summed E-state index contributed by atoms with van der Waals surface area (Å²) in [5.41, 5.74) is 3.28. The predicted molar refractivity (Wildman–Crippen MR) is 187 cm³/mol. The number of amides is 1. The highest BCUT2D eigenvalue weighted by molar-refractivity contribution is 7.92. The Bertz CT molecular complexity index is 1960. The number of aliphatic hydroxyl groups is 1. The highest BCUT2D eigenvalue weighted by Crippen LogP contribution is 2.32. The molecular formula is C36H43N7O5S. The molecule has 0 aliphatic carbocycles. The zero-order valence-corrected chi connectivity index (χ0v) is 29.6. The van der Waals surface area contributed by atoms with Crippen molar-refractivity contribution in [3.8, 4) is 17.1 Å². The third-order valence-electron chi connectivity index (χ3n) is 8.85. The number of anilines is 2. The van der Waals surface area contributed by atoms with Crippen LogP contribution < -0.4 is 14.4 Å². The number of carbonyl (C=O) groups excluding carboxylic acids is 1. The van der Waals surface area contributed by atoms with E-state index in [1.165, 1.54) is 12.1 Å². The van der Waals surface area contributed by atoms with Crippen molar-refractivity contribution < 1.29 is 23.1 Å². The molecule has 1 amide bonds. The van der Waals surface area contributed by atoms with E-state index in [1.54, 1.807) is 35.5 Å². The van der Waals surface area contributed by atoms with Gasteiger partial charge < -0.3 is 19.6 Å². The molecule has 2 aliphatic rings. The van der Waals surface area contributed by atoms with Crippen LogP contribution in [0.15, 0.2) is 65.8 Å². The van der Waals surface area contributed by atoms with Crippen LogP contribution in [0.2, 0.25) is 0 Å². The third-order valence-corrected chi connectivity index (χ3v) is 10.2. The fourth-order valence-electron chi connectivity index (χ4n) is 6.46. The van der Waals surface area contributed by atoms with Crippen molar-refractivity contribution in [3.05, 3.63) is 83.4 Å². The van der Waals surface area contributed by atoms with E-state index >= 15 is 0 Å². The minimum absolute atomic E-state index is 0.0544. The molecule has 2 aliphatic heterocycles. The smallest absolute Gasteiger partial charge is 0.264 e. The lowest BCUT2D eigenvalue weighted by atomic mass is 9.87. The Morgan fingerprint density at radius 2 is 1.73 bits per heavy atom. The molecule has 2 aromatic heterocycles. The number of sulfonamides is 1. The van der Waals surface area contributed by atoms with Crippen LogP contribution in [-0.2, 0) is 16.6 Å². The largest absolute Gasteiger partial charge is 0.475 e. The van der Waals surface area contributed by atoms with E-state index in [1.807, 2.05) is 43.9 Å². The fourth-order valence-corrected chi connectivity index (χ4v) is 7.45. The van der Waals surface area contributed by atoms with Gasteiger partial charge in [0, 0.05) is 30.3 Å². The number of hydrogen-bond donors (Lipinski definition) is 2. The first-order valence-electron chi connectivity index (χ1n) is 16.4. The lowest BCUT2D eigenvalue weighted by Gasteiger charge is -2.35. The van der Waals surface area contributed by atoms with E-state index in [9.17, 15) is 18.3 Å². The lowest BCUT2D eigenvalue weighted by molar-refractivity contribution is 0.0505. The summed E-state index contributed by atoms with van der Waals surface area (Å²) in [4.78, 5) is 36.3. The van der Waals surface area contributed by atoms with E-state index in [0.29, 0.717) is 37.4 Å². The van der Waals surface area contributed by atoms with Gasteiger partial charge in [0.1, 0.15) is 12.4 Å². The zero-order chi connectivity index (χ0) is 35.1. The molecule has 4 aromatic rings. The lowest BCUT2D eigenvalue weighted by Crippen LogP contribution is -2.45. The number of carbonyl (C=O) groups is 1. The number of fused-ring (bicyclic) bond motifs is 4. The first-order valence-corrected chi connectivity index (χ1v) is 17.9. The molecule has 6 rings (SSSR count). The molecular weight excluding hydrogens is 643 g/mol. The second kappa shape index (κ2) is 13.0. The van der Waals surface area contributed by atoms with Crippen molar-refractivity contribution in [3.63, 3.8) is 0 Å². The van der Waals surface area contributed by atoms with Crippen LogP contribution in [0.1, 0.15) is 67.8 Å². The molecule has 2 N–H and O–H groups in total. The van der Waals surface area contributed by atoms with Gasteiger partial charge in [-0.1, -0.05) is 45.0 Å². The van der Waals surface area contributed by atoms with Gasteiger partial charge in [-0.05, 0) is 68.4 Å². The summed E-state index contributed by atoms with van der Waals surface area (Å²) in [6.45, 7) is 13.3. The summed E-state index contributed by atoms with van der Waals surface area (Å²) in [5, 5.41) is 10.4. The Balaban J connectivity index is 1.43. The Hall–Kier alpha value is -4.62. The van der Waals surface area contributed by atoms with E-state index in [4.69, 9.17) is 4.74 Å². The molecule has 1 saturated heterocycles. The van der Waals surface area contributed by atoms with Gasteiger partial charge >= 0.3 is 0 Å². The minimum atomic E-state index is -4.19. The fraction of sp³-hybridized carbons (Fsp3) is 0.417. The summed E-state index contributed by atoms with van der Waals surface area (Å²) < 4.78 is 36.2. The van der Waals surface area contributed by atoms with Gasteiger partial charge in [0.25, 0.3) is 15.9 Å². The van der Waals surface area contributed by atoms with Gasteiger partial charge in [0.2, 0.25) is 11.8 Å². The van der Waals surface area contributed by atoms with Gasteiger partial charge in [-0.25, -0.2) is 28.1 Å². The maximum atomic E-state index is 14.4. The zero-order valence-electron chi connectivity index (χ0n) is 28.8. The number of ether oxygens (including phenoxy) is 1. The van der Waals surface area contributed by atoms with Crippen molar-refractivity contribution in [2.24, 2.45) is 5.41 Å². The highest BCUT2D eigenvalue weighted by Gasteiger charge is 2.34.